The average molecular weight is 913 g/mol. The normalized spacial score (nSPS) is 23.9. The minimum atomic E-state index is -1.03. The molecule has 21 heteroatoms. The van der Waals surface area contributed by atoms with Crippen LogP contribution in [-0.4, -0.2) is 166 Å². The molecule has 1 saturated heterocycles. The highest BCUT2D eigenvalue weighted by molar-refractivity contribution is 6.18. The Morgan fingerprint density at radius 3 is 2.11 bits per heavy atom. The van der Waals surface area contributed by atoms with Crippen LogP contribution in [-0.2, 0) is 57.2 Å². The number of hydrogen-bond acceptors (Lipinski definition) is 17. The van der Waals surface area contributed by atoms with Gasteiger partial charge in [-0.15, -0.1) is 0 Å². The molecule has 0 aromatic rings. The van der Waals surface area contributed by atoms with E-state index in [9.17, 15) is 44.1 Å². The van der Waals surface area contributed by atoms with Crippen molar-refractivity contribution in [3.8, 4) is 0 Å². The molecule has 0 saturated carbocycles. The number of carbonyl (C=O) groups is 6. The molecule has 0 radical (unpaired) electrons. The van der Waals surface area contributed by atoms with E-state index in [2.05, 4.69) is 21.3 Å². The topological polar surface area (TPSA) is 319 Å². The van der Waals surface area contributed by atoms with Gasteiger partial charge in [-0.1, -0.05) is 26.7 Å². The van der Waals surface area contributed by atoms with Crippen molar-refractivity contribution in [3.05, 3.63) is 23.5 Å². The largest absolute Gasteiger partial charge is 0.399 e. The maximum atomic E-state index is 13.3. The van der Waals surface area contributed by atoms with Crippen LogP contribution >= 0.6 is 0 Å². The summed E-state index contributed by atoms with van der Waals surface area (Å²) in [5, 5.41) is 41.4. The first-order valence-electron chi connectivity index (χ1n) is 22.4. The van der Waals surface area contributed by atoms with Crippen molar-refractivity contribution in [2.24, 2.45) is 23.3 Å². The number of amides is 4. The standard InChI is InChI=1S/C43H72N6O15/c1-27(2)40(41(45)57)49-42(58)30(47-37(55)14-17-60-19-21-62-23-22-61-20-18-59-16-13-28-31(51)11-12-32(28)52)9-6-7-15-46-38(56)26-63-35-10-5-3-4-8-29(39(35)44)48-43-34(54)24-33(53)36(25-50)64-43/h11-12,27-28,30,33-36,40,43,48,50,53-54H,3-10,13-26,44H2,1-2H3,(H2,45,57)(H,46,56)(H,47,55)(H,49,58)/b39-29-/t30-,33-,34-,35?,36-,40+,43-/m1/s1. The van der Waals surface area contributed by atoms with E-state index >= 15 is 0 Å². The van der Waals surface area contributed by atoms with Crippen molar-refractivity contribution >= 4 is 35.2 Å². The summed E-state index contributed by atoms with van der Waals surface area (Å²) >= 11 is 0. The van der Waals surface area contributed by atoms with E-state index in [0.717, 1.165) is 19.3 Å². The van der Waals surface area contributed by atoms with E-state index in [1.54, 1.807) is 13.8 Å². The highest BCUT2D eigenvalue weighted by Gasteiger charge is 2.37. The number of ketones is 2. The number of rotatable bonds is 31. The number of nitrogens with one attached hydrogen (secondary N) is 4. The Kier molecular flexibility index (Phi) is 25.6. The molecule has 2 aliphatic carbocycles. The Balaban J connectivity index is 1.34. The van der Waals surface area contributed by atoms with Gasteiger partial charge in [-0.2, -0.15) is 0 Å². The van der Waals surface area contributed by atoms with E-state index in [0.29, 0.717) is 69.9 Å². The number of aliphatic hydroxyl groups is 3. The van der Waals surface area contributed by atoms with E-state index in [4.69, 9.17) is 39.9 Å². The van der Waals surface area contributed by atoms with E-state index < -0.39 is 73.0 Å². The van der Waals surface area contributed by atoms with Crippen molar-refractivity contribution in [2.45, 2.75) is 127 Å². The van der Waals surface area contributed by atoms with Gasteiger partial charge in [0.1, 0.15) is 30.9 Å². The van der Waals surface area contributed by atoms with Crippen molar-refractivity contribution in [2.75, 3.05) is 72.6 Å². The number of nitrogens with two attached hydrogens (primary N) is 2. The summed E-state index contributed by atoms with van der Waals surface area (Å²) in [5.41, 5.74) is 13.0. The lowest BCUT2D eigenvalue weighted by atomic mass is 9.98. The Morgan fingerprint density at radius 1 is 0.844 bits per heavy atom. The maximum Gasteiger partial charge on any atom is 0.246 e. The second-order valence-electron chi connectivity index (χ2n) is 16.4. The third kappa shape index (κ3) is 20.0. The second-order valence-corrected chi connectivity index (χ2v) is 16.4. The fourth-order valence-corrected chi connectivity index (χ4v) is 7.22. The highest BCUT2D eigenvalue weighted by atomic mass is 16.6. The number of unbranched alkanes of at least 4 members (excludes halogenated alkanes) is 1. The van der Waals surface area contributed by atoms with Gasteiger partial charge >= 0.3 is 0 Å². The van der Waals surface area contributed by atoms with E-state index in [1.807, 2.05) is 0 Å². The molecule has 7 atom stereocenters. The Bertz CT molecular complexity index is 1530. The van der Waals surface area contributed by atoms with Crippen molar-refractivity contribution in [1.82, 2.24) is 21.3 Å². The summed E-state index contributed by atoms with van der Waals surface area (Å²) in [6.07, 6.45) is 3.41. The minimum Gasteiger partial charge on any atom is -0.399 e. The summed E-state index contributed by atoms with van der Waals surface area (Å²) in [4.78, 5) is 74.1. The number of allylic oxidation sites excluding steroid dienone is 3. The van der Waals surface area contributed by atoms with Gasteiger partial charge < -0.3 is 76.5 Å². The molecule has 21 nitrogen and oxygen atoms in total. The molecule has 0 aromatic carbocycles. The van der Waals surface area contributed by atoms with Crippen LogP contribution in [0.15, 0.2) is 23.5 Å². The molecule has 1 fully saturated rings. The predicted octanol–water partition coefficient (Wildman–Crippen LogP) is -1.51. The summed E-state index contributed by atoms with van der Waals surface area (Å²) in [5.74, 6) is -3.36. The van der Waals surface area contributed by atoms with Gasteiger partial charge in [-0.3, -0.25) is 28.8 Å². The molecule has 3 aliphatic rings. The van der Waals surface area contributed by atoms with Crippen LogP contribution in [0.3, 0.4) is 0 Å². The molecule has 1 unspecified atom stereocenters. The number of hydrogen-bond donors (Lipinski definition) is 9. The molecule has 1 heterocycles. The molecular weight excluding hydrogens is 840 g/mol. The lowest BCUT2D eigenvalue weighted by Gasteiger charge is -2.38. The minimum absolute atomic E-state index is 0.0253. The summed E-state index contributed by atoms with van der Waals surface area (Å²) in [7, 11) is 0. The molecule has 3 rings (SSSR count). The lowest BCUT2D eigenvalue weighted by molar-refractivity contribution is -0.186. The smallest absolute Gasteiger partial charge is 0.246 e. The van der Waals surface area contributed by atoms with Crippen LogP contribution in [0, 0.1) is 11.8 Å². The molecule has 0 aromatic heterocycles. The van der Waals surface area contributed by atoms with Gasteiger partial charge in [0.2, 0.25) is 23.6 Å². The number of ether oxygens (including phenoxy) is 6. The van der Waals surface area contributed by atoms with Crippen LogP contribution in [0.4, 0.5) is 0 Å². The van der Waals surface area contributed by atoms with Crippen LogP contribution in [0.2, 0.25) is 0 Å². The second kappa shape index (κ2) is 30.2. The van der Waals surface area contributed by atoms with E-state index in [1.165, 1.54) is 12.2 Å². The maximum absolute atomic E-state index is 13.3. The zero-order valence-corrected chi connectivity index (χ0v) is 37.3. The number of carbonyl (C=O) groups excluding carboxylic acids is 6. The molecule has 364 valence electrons. The Hall–Kier alpha value is -4.06. The number of aliphatic hydroxyl groups excluding tert-OH is 3. The third-order valence-corrected chi connectivity index (χ3v) is 11.0. The van der Waals surface area contributed by atoms with Crippen LogP contribution in [0.25, 0.3) is 0 Å². The SMILES string of the molecule is CC(C)[C@H](NC(=O)[C@@H](CCCCNC(=O)COC1CCCCC/C(N[C@@H]2O[C@H](CO)[C@H](O)C[C@H]2O)=C\1N)NC(=O)CCOCCOCCOCCOCCC1C(=O)C=CC1=O)C(N)=O. The van der Waals surface area contributed by atoms with Gasteiger partial charge in [0.15, 0.2) is 17.8 Å². The molecule has 1 aliphatic heterocycles. The zero-order chi connectivity index (χ0) is 46.9. The molecule has 0 spiro atoms. The molecule has 64 heavy (non-hydrogen) atoms. The fraction of sp³-hybridized carbons (Fsp3) is 0.767. The fourth-order valence-electron chi connectivity index (χ4n) is 7.22. The summed E-state index contributed by atoms with van der Waals surface area (Å²) in [6.45, 7) is 5.21. The summed E-state index contributed by atoms with van der Waals surface area (Å²) < 4.78 is 33.5. The third-order valence-electron chi connectivity index (χ3n) is 11.0. The Morgan fingerprint density at radius 2 is 1.48 bits per heavy atom. The van der Waals surface area contributed by atoms with Crippen molar-refractivity contribution in [1.29, 1.82) is 0 Å². The van der Waals surface area contributed by atoms with Gasteiger partial charge in [0.25, 0.3) is 0 Å². The van der Waals surface area contributed by atoms with Crippen LogP contribution in [0.5, 0.6) is 0 Å². The molecule has 11 N–H and O–H groups in total. The molecular formula is C43H72N6O15. The Labute approximate surface area is 375 Å². The van der Waals surface area contributed by atoms with Gasteiger partial charge in [-0.05, 0) is 63.0 Å². The van der Waals surface area contributed by atoms with Crippen LogP contribution < -0.4 is 32.7 Å². The first-order valence-corrected chi connectivity index (χ1v) is 22.4. The van der Waals surface area contributed by atoms with Gasteiger partial charge in [0, 0.05) is 31.7 Å². The monoisotopic (exact) mass is 913 g/mol. The highest BCUT2D eigenvalue weighted by Crippen LogP contribution is 2.25. The van der Waals surface area contributed by atoms with Gasteiger partial charge in [0.05, 0.1) is 76.7 Å². The number of primary amides is 1. The van der Waals surface area contributed by atoms with Crippen molar-refractivity contribution in [3.63, 3.8) is 0 Å². The predicted molar refractivity (Wildman–Crippen MR) is 229 cm³/mol. The summed E-state index contributed by atoms with van der Waals surface area (Å²) in [6, 6.07) is -1.91. The van der Waals surface area contributed by atoms with Crippen LogP contribution in [0.1, 0.15) is 84.5 Å². The molecule has 4 amide bonds. The average Bonchev–Trinajstić information content (AvgIpc) is 3.57. The van der Waals surface area contributed by atoms with E-state index in [-0.39, 0.29) is 82.2 Å². The van der Waals surface area contributed by atoms with Gasteiger partial charge in [-0.25, -0.2) is 0 Å². The first kappa shape index (κ1) is 54.3. The first-order chi connectivity index (χ1) is 30.7. The quantitative estimate of drug-likeness (QED) is 0.0282. The lowest BCUT2D eigenvalue weighted by Crippen LogP contribution is -2.54. The zero-order valence-electron chi connectivity index (χ0n) is 37.3. The molecule has 0 bridgehead atoms. The van der Waals surface area contributed by atoms with Crippen molar-refractivity contribution < 1.29 is 72.5 Å².